The molecule has 80 valence electrons. The average molecular weight is 193 g/mol. The predicted molar refractivity (Wildman–Crippen MR) is 58.9 cm³/mol. The molecule has 0 bridgehead atoms. The predicted octanol–water partition coefficient (Wildman–Crippen LogP) is 2.94. The molecule has 5 atom stereocenters. The van der Waals surface area contributed by atoms with E-state index in [1.807, 2.05) is 0 Å². The lowest BCUT2D eigenvalue weighted by Gasteiger charge is -2.35. The number of hydrogen-bond acceptors (Lipinski definition) is 1. The maximum absolute atomic E-state index is 6.11. The lowest BCUT2D eigenvalue weighted by molar-refractivity contribution is 0.172. The SMILES string of the molecule is NC1CCC2CC3CCCCC3C2C1. The lowest BCUT2D eigenvalue weighted by Crippen LogP contribution is -2.34. The molecule has 14 heavy (non-hydrogen) atoms. The van der Waals surface area contributed by atoms with Crippen LogP contribution in [0.5, 0.6) is 0 Å². The number of hydrogen-bond donors (Lipinski definition) is 1. The van der Waals surface area contributed by atoms with Crippen LogP contribution >= 0.6 is 0 Å². The van der Waals surface area contributed by atoms with Gasteiger partial charge >= 0.3 is 0 Å². The molecule has 3 rings (SSSR count). The first-order chi connectivity index (χ1) is 6.84. The van der Waals surface area contributed by atoms with Crippen molar-refractivity contribution in [2.75, 3.05) is 0 Å². The van der Waals surface area contributed by atoms with Crippen molar-refractivity contribution in [3.05, 3.63) is 0 Å². The molecule has 0 aromatic heterocycles. The van der Waals surface area contributed by atoms with Crippen LogP contribution in [0.3, 0.4) is 0 Å². The third kappa shape index (κ3) is 1.41. The normalized spacial score (nSPS) is 52.5. The monoisotopic (exact) mass is 193 g/mol. The van der Waals surface area contributed by atoms with Crippen molar-refractivity contribution in [1.82, 2.24) is 0 Å². The van der Waals surface area contributed by atoms with Gasteiger partial charge in [0.2, 0.25) is 0 Å². The minimum atomic E-state index is 0.539. The van der Waals surface area contributed by atoms with Crippen LogP contribution in [-0.2, 0) is 0 Å². The molecule has 0 amide bonds. The number of rotatable bonds is 0. The van der Waals surface area contributed by atoms with Crippen molar-refractivity contribution in [3.8, 4) is 0 Å². The van der Waals surface area contributed by atoms with E-state index in [0.717, 1.165) is 23.7 Å². The molecule has 0 heterocycles. The van der Waals surface area contributed by atoms with E-state index in [2.05, 4.69) is 0 Å². The van der Waals surface area contributed by atoms with Gasteiger partial charge in [0.15, 0.2) is 0 Å². The van der Waals surface area contributed by atoms with Crippen LogP contribution in [-0.4, -0.2) is 6.04 Å². The van der Waals surface area contributed by atoms with E-state index in [4.69, 9.17) is 5.73 Å². The van der Waals surface area contributed by atoms with Gasteiger partial charge in [-0.3, -0.25) is 0 Å². The summed E-state index contributed by atoms with van der Waals surface area (Å²) in [4.78, 5) is 0. The fourth-order valence-electron chi connectivity index (χ4n) is 4.60. The van der Waals surface area contributed by atoms with E-state index < -0.39 is 0 Å². The zero-order chi connectivity index (χ0) is 9.54. The second-order valence-corrected chi connectivity index (χ2v) is 5.94. The topological polar surface area (TPSA) is 26.0 Å². The number of nitrogens with two attached hydrogens (primary N) is 1. The molecular formula is C13H23N. The van der Waals surface area contributed by atoms with Crippen LogP contribution in [0, 0.1) is 23.7 Å². The van der Waals surface area contributed by atoms with Crippen molar-refractivity contribution in [1.29, 1.82) is 0 Å². The van der Waals surface area contributed by atoms with Crippen LogP contribution in [0.15, 0.2) is 0 Å². The fourth-order valence-corrected chi connectivity index (χ4v) is 4.60. The molecule has 0 aromatic carbocycles. The van der Waals surface area contributed by atoms with Crippen molar-refractivity contribution >= 4 is 0 Å². The largest absolute Gasteiger partial charge is 0.328 e. The molecule has 0 radical (unpaired) electrons. The summed E-state index contributed by atoms with van der Waals surface area (Å²) in [5.41, 5.74) is 6.11. The molecule has 3 saturated carbocycles. The summed E-state index contributed by atoms with van der Waals surface area (Å²) < 4.78 is 0. The van der Waals surface area contributed by atoms with Gasteiger partial charge in [0.25, 0.3) is 0 Å². The van der Waals surface area contributed by atoms with Gasteiger partial charge in [-0.1, -0.05) is 19.3 Å². The third-order valence-electron chi connectivity index (χ3n) is 5.21. The van der Waals surface area contributed by atoms with Gasteiger partial charge in [0.05, 0.1) is 0 Å². The molecular weight excluding hydrogens is 170 g/mol. The Labute approximate surface area is 87.4 Å². The van der Waals surface area contributed by atoms with Crippen molar-refractivity contribution in [2.24, 2.45) is 29.4 Å². The Morgan fingerprint density at radius 3 is 2.43 bits per heavy atom. The van der Waals surface area contributed by atoms with Gasteiger partial charge < -0.3 is 5.73 Å². The maximum Gasteiger partial charge on any atom is 0.00417 e. The van der Waals surface area contributed by atoms with E-state index in [9.17, 15) is 0 Å². The zero-order valence-electron chi connectivity index (χ0n) is 9.12. The Kier molecular flexibility index (Phi) is 2.31. The maximum atomic E-state index is 6.11. The summed E-state index contributed by atoms with van der Waals surface area (Å²) in [5.74, 6) is 4.29. The molecule has 2 N–H and O–H groups in total. The first kappa shape index (κ1) is 9.21. The summed E-state index contributed by atoms with van der Waals surface area (Å²) in [6.07, 6.45) is 11.7. The summed E-state index contributed by atoms with van der Waals surface area (Å²) in [7, 11) is 0. The summed E-state index contributed by atoms with van der Waals surface area (Å²) in [6.45, 7) is 0. The number of fused-ring (bicyclic) bond motifs is 3. The standard InChI is InChI=1S/C13H23N/c14-11-6-5-10-7-9-3-1-2-4-12(9)13(10)8-11/h9-13H,1-8,14H2. The highest BCUT2D eigenvalue weighted by Crippen LogP contribution is 2.53. The Hall–Kier alpha value is -0.0400. The highest BCUT2D eigenvalue weighted by Gasteiger charge is 2.45. The lowest BCUT2D eigenvalue weighted by atomic mass is 9.72. The minimum Gasteiger partial charge on any atom is -0.328 e. The molecule has 3 aliphatic carbocycles. The molecule has 3 aliphatic rings. The third-order valence-corrected chi connectivity index (χ3v) is 5.21. The van der Waals surface area contributed by atoms with Crippen molar-refractivity contribution in [2.45, 2.75) is 57.4 Å². The Balaban J connectivity index is 1.75. The van der Waals surface area contributed by atoms with Crippen molar-refractivity contribution < 1.29 is 0 Å². The Bertz CT molecular complexity index is 213. The fraction of sp³-hybridized carbons (Fsp3) is 1.00. The molecule has 3 fully saturated rings. The van der Waals surface area contributed by atoms with Crippen molar-refractivity contribution in [3.63, 3.8) is 0 Å². The van der Waals surface area contributed by atoms with Crippen LogP contribution in [0.4, 0.5) is 0 Å². The van der Waals surface area contributed by atoms with E-state index in [1.54, 1.807) is 6.42 Å². The second-order valence-electron chi connectivity index (χ2n) is 5.94. The van der Waals surface area contributed by atoms with E-state index in [-0.39, 0.29) is 0 Å². The van der Waals surface area contributed by atoms with Crippen LogP contribution in [0.25, 0.3) is 0 Å². The molecule has 0 aromatic rings. The van der Waals surface area contributed by atoms with Gasteiger partial charge in [-0.2, -0.15) is 0 Å². The second kappa shape index (κ2) is 3.52. The van der Waals surface area contributed by atoms with Gasteiger partial charge in [-0.15, -0.1) is 0 Å². The molecule has 1 nitrogen and oxygen atoms in total. The minimum absolute atomic E-state index is 0.539. The van der Waals surface area contributed by atoms with Crippen LogP contribution in [0.2, 0.25) is 0 Å². The quantitative estimate of drug-likeness (QED) is 0.629. The van der Waals surface area contributed by atoms with Gasteiger partial charge in [0, 0.05) is 6.04 Å². The summed E-state index contributed by atoms with van der Waals surface area (Å²) in [6, 6.07) is 0.539. The highest BCUT2D eigenvalue weighted by atomic mass is 14.7. The smallest absolute Gasteiger partial charge is 0.00417 e. The zero-order valence-corrected chi connectivity index (χ0v) is 9.12. The van der Waals surface area contributed by atoms with E-state index in [0.29, 0.717) is 6.04 Å². The Morgan fingerprint density at radius 1 is 0.714 bits per heavy atom. The van der Waals surface area contributed by atoms with Gasteiger partial charge in [-0.05, 0) is 55.8 Å². The summed E-state index contributed by atoms with van der Waals surface area (Å²) in [5, 5.41) is 0. The summed E-state index contributed by atoms with van der Waals surface area (Å²) >= 11 is 0. The van der Waals surface area contributed by atoms with E-state index >= 15 is 0 Å². The Morgan fingerprint density at radius 2 is 1.50 bits per heavy atom. The highest BCUT2D eigenvalue weighted by molar-refractivity contribution is 4.96. The van der Waals surface area contributed by atoms with Crippen LogP contribution < -0.4 is 5.73 Å². The van der Waals surface area contributed by atoms with E-state index in [1.165, 1.54) is 44.9 Å². The van der Waals surface area contributed by atoms with Gasteiger partial charge in [0.1, 0.15) is 0 Å². The molecule has 1 heteroatoms. The first-order valence-corrected chi connectivity index (χ1v) is 6.60. The average Bonchev–Trinajstić information content (AvgIpc) is 2.56. The van der Waals surface area contributed by atoms with Gasteiger partial charge in [-0.25, -0.2) is 0 Å². The molecule has 0 aliphatic heterocycles. The molecule has 5 unspecified atom stereocenters. The van der Waals surface area contributed by atoms with Crippen LogP contribution in [0.1, 0.15) is 51.4 Å². The molecule has 0 saturated heterocycles. The first-order valence-electron chi connectivity index (χ1n) is 6.60. The molecule has 0 spiro atoms.